The topological polar surface area (TPSA) is 82.6 Å². The molecule has 91 heavy (non-hydrogen) atoms. The molecule has 3 aromatic heterocycles. The normalized spacial score (nSPS) is 13.5. The second kappa shape index (κ2) is 21.9. The molecule has 0 radical (unpaired) electrons. The molecule has 0 aliphatic carbocycles. The van der Waals surface area contributed by atoms with Crippen molar-refractivity contribution < 1.29 is 10.0 Å². The molecule has 2 aliphatic heterocycles. The third-order valence-electron chi connectivity index (χ3n) is 18.8. The standard InChI is InChI=1S/C49H36N4.C33H27BN2O2/c1-49(2)40-23-13-15-25-45(40)53(36-20-10-5-11-21-36)47-30-39-38-22-12-14-24-44(38)52(46(39)31-41(47)49)37-28-26-35(27-29-37)48-50-42(33-16-6-3-7-17-33)32-43(51-48)34-18-8-4-9-19-34;1-33(2)27-13-7-9-15-30(27)36(23-10-4-3-5-11-23)32-20-26-25-12-6-8-14-29(25)35(31(26)21-28(32)33)24-18-16-22(17-19-24)34(37)38/h3-32H,1-2H3;3-21,37-38H,1-2H3. The Bertz CT molecular complexity index is 5200. The van der Waals surface area contributed by atoms with Crippen molar-refractivity contribution in [1.29, 1.82) is 0 Å². The van der Waals surface area contributed by atoms with Gasteiger partial charge in [0.1, 0.15) is 0 Å². The molecular formula is C82H63BN6O2. The second-order valence-corrected chi connectivity index (χ2v) is 24.8. The van der Waals surface area contributed by atoms with Gasteiger partial charge in [0.25, 0.3) is 0 Å². The van der Waals surface area contributed by atoms with Crippen LogP contribution in [0.2, 0.25) is 0 Å². The molecule has 0 bridgehead atoms. The molecule has 0 saturated heterocycles. The van der Waals surface area contributed by atoms with Gasteiger partial charge in [0.05, 0.1) is 56.2 Å². The number of nitrogens with zero attached hydrogens (tertiary/aromatic N) is 6. The Kier molecular flexibility index (Phi) is 13.3. The molecule has 0 spiro atoms. The second-order valence-electron chi connectivity index (χ2n) is 24.8. The van der Waals surface area contributed by atoms with E-state index in [1.807, 2.05) is 24.3 Å². The van der Waals surface area contributed by atoms with E-state index in [1.165, 1.54) is 77.6 Å². The fraction of sp³-hybridized carbons (Fsp3) is 0.0732. The molecule has 5 heterocycles. The van der Waals surface area contributed by atoms with E-state index in [1.54, 1.807) is 12.1 Å². The first-order valence-corrected chi connectivity index (χ1v) is 31.1. The predicted octanol–water partition coefficient (Wildman–Crippen LogP) is 19.3. The average Bonchev–Trinajstić information content (AvgIpc) is 1.70. The highest BCUT2D eigenvalue weighted by Crippen LogP contribution is 2.56. The number of hydrogen-bond donors (Lipinski definition) is 2. The van der Waals surface area contributed by atoms with Crippen LogP contribution in [-0.4, -0.2) is 36.3 Å². The fourth-order valence-corrected chi connectivity index (χ4v) is 14.2. The van der Waals surface area contributed by atoms with Crippen molar-refractivity contribution in [2.24, 2.45) is 0 Å². The monoisotopic (exact) mass is 1170 g/mol. The summed E-state index contributed by atoms with van der Waals surface area (Å²) in [6.07, 6.45) is 0. The zero-order valence-corrected chi connectivity index (χ0v) is 50.9. The summed E-state index contributed by atoms with van der Waals surface area (Å²) in [4.78, 5) is 15.0. The van der Waals surface area contributed by atoms with Crippen LogP contribution in [0.4, 0.5) is 34.1 Å². The van der Waals surface area contributed by atoms with Gasteiger partial charge in [-0.25, -0.2) is 9.97 Å². The van der Waals surface area contributed by atoms with Crippen LogP contribution in [-0.2, 0) is 10.8 Å². The molecule has 0 amide bonds. The van der Waals surface area contributed by atoms with Crippen LogP contribution >= 0.6 is 0 Å². The van der Waals surface area contributed by atoms with Crippen LogP contribution < -0.4 is 15.3 Å². The van der Waals surface area contributed by atoms with Gasteiger partial charge in [-0.05, 0) is 143 Å². The van der Waals surface area contributed by atoms with Gasteiger partial charge < -0.3 is 29.0 Å². The highest BCUT2D eigenvalue weighted by Gasteiger charge is 2.39. The molecule has 17 rings (SSSR count). The highest BCUT2D eigenvalue weighted by atomic mass is 16.4. The van der Waals surface area contributed by atoms with Crippen molar-refractivity contribution in [1.82, 2.24) is 19.1 Å². The van der Waals surface area contributed by atoms with E-state index in [4.69, 9.17) is 9.97 Å². The van der Waals surface area contributed by atoms with Crippen molar-refractivity contribution in [3.63, 3.8) is 0 Å². The van der Waals surface area contributed by atoms with Gasteiger partial charge in [-0.2, -0.15) is 0 Å². The van der Waals surface area contributed by atoms with Crippen LogP contribution in [0.3, 0.4) is 0 Å². The maximum Gasteiger partial charge on any atom is 0.488 e. The van der Waals surface area contributed by atoms with Crippen LogP contribution in [0.1, 0.15) is 49.9 Å². The summed E-state index contributed by atoms with van der Waals surface area (Å²) >= 11 is 0. The van der Waals surface area contributed by atoms with Crippen molar-refractivity contribution in [3.8, 4) is 45.3 Å². The summed E-state index contributed by atoms with van der Waals surface area (Å²) < 4.78 is 4.69. The maximum absolute atomic E-state index is 9.62. The van der Waals surface area contributed by atoms with Gasteiger partial charge in [0, 0.05) is 71.8 Å². The van der Waals surface area contributed by atoms with E-state index in [0.29, 0.717) is 11.3 Å². The van der Waals surface area contributed by atoms with Crippen LogP contribution in [0.15, 0.2) is 297 Å². The molecule has 0 saturated carbocycles. The van der Waals surface area contributed by atoms with Crippen molar-refractivity contribution >= 4 is 90.3 Å². The van der Waals surface area contributed by atoms with E-state index in [-0.39, 0.29) is 10.8 Å². The van der Waals surface area contributed by atoms with Crippen LogP contribution in [0, 0.1) is 0 Å². The predicted molar refractivity (Wildman–Crippen MR) is 377 cm³/mol. The molecule has 12 aromatic carbocycles. The fourth-order valence-electron chi connectivity index (χ4n) is 14.2. The van der Waals surface area contributed by atoms with E-state index in [9.17, 15) is 10.0 Å². The number of anilines is 6. The Morgan fingerprint density at radius 2 is 0.670 bits per heavy atom. The molecule has 9 heteroatoms. The molecule has 436 valence electrons. The summed E-state index contributed by atoms with van der Waals surface area (Å²) in [7, 11) is -1.49. The van der Waals surface area contributed by atoms with Crippen molar-refractivity contribution in [3.05, 3.63) is 320 Å². The smallest absolute Gasteiger partial charge is 0.423 e. The largest absolute Gasteiger partial charge is 0.488 e. The van der Waals surface area contributed by atoms with Gasteiger partial charge >= 0.3 is 7.12 Å². The summed E-state index contributed by atoms with van der Waals surface area (Å²) in [5.41, 5.74) is 23.9. The summed E-state index contributed by atoms with van der Waals surface area (Å²) in [6, 6.07) is 105. The minimum Gasteiger partial charge on any atom is -0.423 e. The van der Waals surface area contributed by atoms with E-state index in [2.05, 4.69) is 307 Å². The summed E-state index contributed by atoms with van der Waals surface area (Å²) in [6.45, 7) is 9.33. The molecule has 2 aliphatic rings. The number of fused-ring (bicyclic) bond motifs is 10. The SMILES string of the molecule is CC1(C)c2ccccc2N(c2ccccc2)c2cc3c4ccccc4n(-c4ccc(-c5nc(-c6ccccc6)cc(-c6ccccc6)n5)cc4)c3cc21.CC1(C)c2ccccc2N(c2ccccc2)c2cc3c4ccccc4n(-c4ccc(B(O)O)cc4)c3cc21. The number of para-hydroxylation sites is 6. The van der Waals surface area contributed by atoms with E-state index < -0.39 is 7.12 Å². The van der Waals surface area contributed by atoms with Crippen LogP contribution in [0.5, 0.6) is 0 Å². The van der Waals surface area contributed by atoms with Gasteiger partial charge in [-0.15, -0.1) is 0 Å². The third kappa shape index (κ3) is 9.23. The Labute approximate surface area is 529 Å². The Hall–Kier alpha value is -11.1. The summed E-state index contributed by atoms with van der Waals surface area (Å²) in [5.74, 6) is 0.703. The summed E-state index contributed by atoms with van der Waals surface area (Å²) in [5, 5.41) is 24.1. The molecule has 2 N–H and O–H groups in total. The first-order chi connectivity index (χ1) is 44.5. The Morgan fingerprint density at radius 3 is 1.10 bits per heavy atom. The Morgan fingerprint density at radius 1 is 0.297 bits per heavy atom. The molecule has 0 fully saturated rings. The zero-order valence-electron chi connectivity index (χ0n) is 50.9. The number of aromatic nitrogens is 4. The van der Waals surface area contributed by atoms with Crippen LogP contribution in [0.25, 0.3) is 88.9 Å². The lowest BCUT2D eigenvalue weighted by atomic mass is 9.73. The minimum atomic E-state index is -1.49. The van der Waals surface area contributed by atoms with Crippen molar-refractivity contribution in [2.75, 3.05) is 9.80 Å². The molecular weight excluding hydrogens is 1110 g/mol. The van der Waals surface area contributed by atoms with E-state index >= 15 is 0 Å². The first-order valence-electron chi connectivity index (χ1n) is 31.1. The molecule has 0 unspecified atom stereocenters. The van der Waals surface area contributed by atoms with Crippen molar-refractivity contribution in [2.45, 2.75) is 38.5 Å². The maximum atomic E-state index is 9.62. The lowest BCUT2D eigenvalue weighted by Crippen LogP contribution is -2.30. The highest BCUT2D eigenvalue weighted by molar-refractivity contribution is 6.58. The molecule has 8 nitrogen and oxygen atoms in total. The lowest BCUT2D eigenvalue weighted by molar-refractivity contribution is 0.426. The minimum absolute atomic E-state index is 0.211. The Balaban J connectivity index is 0.000000153. The number of rotatable bonds is 8. The van der Waals surface area contributed by atoms with Gasteiger partial charge in [-0.3, -0.25) is 0 Å². The third-order valence-corrected chi connectivity index (χ3v) is 18.8. The van der Waals surface area contributed by atoms with E-state index in [0.717, 1.165) is 61.9 Å². The molecule has 0 atom stereocenters. The van der Waals surface area contributed by atoms with Gasteiger partial charge in [0.15, 0.2) is 5.82 Å². The van der Waals surface area contributed by atoms with Gasteiger partial charge in [-0.1, -0.05) is 210 Å². The zero-order chi connectivity index (χ0) is 61.5. The molecule has 15 aromatic rings. The lowest BCUT2D eigenvalue weighted by Gasteiger charge is -2.42. The number of hydrogen-bond acceptors (Lipinski definition) is 6. The first kappa shape index (κ1) is 55.2. The number of benzene rings is 12. The average molecular weight is 1180 g/mol. The van der Waals surface area contributed by atoms with Gasteiger partial charge in [0.2, 0.25) is 0 Å². The quantitative estimate of drug-likeness (QED) is 0.148.